The third-order valence-electron chi connectivity index (χ3n) is 4.91. The highest BCUT2D eigenvalue weighted by Crippen LogP contribution is 2.34. The molecular weight excluding hydrogens is 324 g/mol. The van der Waals surface area contributed by atoms with E-state index in [1.807, 2.05) is 6.07 Å². The average Bonchev–Trinajstić information content (AvgIpc) is 2.63. The second kappa shape index (κ2) is 7.61. The highest BCUT2D eigenvalue weighted by molar-refractivity contribution is 7.90. The zero-order valence-electron chi connectivity index (χ0n) is 14.4. The van der Waals surface area contributed by atoms with Crippen LogP contribution < -0.4 is 19.2 Å². The van der Waals surface area contributed by atoms with E-state index in [1.54, 1.807) is 0 Å². The maximum Gasteiger partial charge on any atom is 0.298 e. The van der Waals surface area contributed by atoms with E-state index < -0.39 is 10.2 Å². The molecule has 6 nitrogen and oxygen atoms in total. The molecule has 0 aromatic heterocycles. The van der Waals surface area contributed by atoms with E-state index in [9.17, 15) is 8.42 Å². The number of hydrogen-bond donors (Lipinski definition) is 2. The molecule has 0 saturated carbocycles. The minimum atomic E-state index is -3.53. The second-order valence-corrected chi connectivity index (χ2v) is 8.23. The van der Waals surface area contributed by atoms with E-state index >= 15 is 0 Å². The van der Waals surface area contributed by atoms with Crippen LogP contribution in [0, 0.1) is 0 Å². The van der Waals surface area contributed by atoms with Crippen molar-refractivity contribution in [2.45, 2.75) is 38.5 Å². The molecule has 1 aromatic carbocycles. The van der Waals surface area contributed by atoms with Crippen LogP contribution in [0.1, 0.15) is 38.5 Å². The molecule has 2 aliphatic rings. The Bertz CT molecular complexity index is 651. The fraction of sp³-hybridized carbons (Fsp3) is 0.647. The third-order valence-corrected chi connectivity index (χ3v) is 5.94. The topological polar surface area (TPSA) is 64.7 Å². The van der Waals surface area contributed by atoms with Gasteiger partial charge in [0.25, 0.3) is 10.2 Å². The van der Waals surface area contributed by atoms with E-state index in [2.05, 4.69) is 31.4 Å². The van der Waals surface area contributed by atoms with Crippen LogP contribution >= 0.6 is 0 Å². The zero-order valence-corrected chi connectivity index (χ0v) is 15.2. The standard InChI is InChI=1S/C17H28N4O2S/c1-18-24(22,23)19-16-14-15(20-10-4-2-5-11-20)8-9-17(16)21-12-6-3-7-13-21/h8-9,14,18-19H,2-7,10-13H2,1H3. The van der Waals surface area contributed by atoms with Crippen molar-refractivity contribution in [2.24, 2.45) is 0 Å². The molecule has 2 aliphatic heterocycles. The van der Waals surface area contributed by atoms with Gasteiger partial charge in [0, 0.05) is 38.9 Å². The van der Waals surface area contributed by atoms with Gasteiger partial charge in [0.2, 0.25) is 0 Å². The van der Waals surface area contributed by atoms with Gasteiger partial charge < -0.3 is 9.80 Å². The Labute approximate surface area is 145 Å². The molecule has 0 atom stereocenters. The second-order valence-electron chi connectivity index (χ2n) is 6.61. The Morgan fingerprint density at radius 3 is 2.04 bits per heavy atom. The van der Waals surface area contributed by atoms with Gasteiger partial charge in [-0.1, -0.05) is 0 Å². The van der Waals surface area contributed by atoms with Crippen LogP contribution in [0.3, 0.4) is 0 Å². The van der Waals surface area contributed by atoms with E-state index in [-0.39, 0.29) is 0 Å². The van der Waals surface area contributed by atoms with Gasteiger partial charge in [0.15, 0.2) is 0 Å². The SMILES string of the molecule is CNS(=O)(=O)Nc1cc(N2CCCCC2)ccc1N1CCCCC1. The fourth-order valence-corrected chi connectivity index (χ4v) is 4.12. The maximum absolute atomic E-state index is 12.0. The first-order valence-electron chi connectivity index (χ1n) is 8.94. The normalized spacial score (nSPS) is 19.4. The van der Waals surface area contributed by atoms with Crippen LogP contribution in [-0.4, -0.2) is 41.6 Å². The summed E-state index contributed by atoms with van der Waals surface area (Å²) >= 11 is 0. The number of nitrogens with one attached hydrogen (secondary N) is 2. The van der Waals surface area contributed by atoms with E-state index in [4.69, 9.17) is 0 Å². The van der Waals surface area contributed by atoms with Crippen molar-refractivity contribution in [3.63, 3.8) is 0 Å². The minimum absolute atomic E-state index is 0.675. The van der Waals surface area contributed by atoms with Crippen LogP contribution in [0.15, 0.2) is 18.2 Å². The number of anilines is 3. The van der Waals surface area contributed by atoms with Crippen LogP contribution in [0.2, 0.25) is 0 Å². The van der Waals surface area contributed by atoms with Crippen molar-refractivity contribution in [1.29, 1.82) is 0 Å². The van der Waals surface area contributed by atoms with Crippen molar-refractivity contribution in [3.05, 3.63) is 18.2 Å². The van der Waals surface area contributed by atoms with Gasteiger partial charge >= 0.3 is 0 Å². The Morgan fingerprint density at radius 1 is 0.875 bits per heavy atom. The molecule has 0 amide bonds. The summed E-state index contributed by atoms with van der Waals surface area (Å²) in [5, 5.41) is 0. The molecule has 24 heavy (non-hydrogen) atoms. The molecule has 2 fully saturated rings. The molecule has 0 radical (unpaired) electrons. The molecule has 0 aliphatic carbocycles. The lowest BCUT2D eigenvalue weighted by Gasteiger charge is -2.33. The monoisotopic (exact) mass is 352 g/mol. The minimum Gasteiger partial charge on any atom is -0.371 e. The lowest BCUT2D eigenvalue weighted by atomic mass is 10.1. The number of hydrogen-bond acceptors (Lipinski definition) is 4. The van der Waals surface area contributed by atoms with E-state index in [1.165, 1.54) is 32.7 Å². The predicted octanol–water partition coefficient (Wildman–Crippen LogP) is 2.54. The number of piperidine rings is 2. The summed E-state index contributed by atoms with van der Waals surface area (Å²) in [6, 6.07) is 6.19. The summed E-state index contributed by atoms with van der Waals surface area (Å²) in [6.07, 6.45) is 7.25. The number of benzene rings is 1. The summed E-state index contributed by atoms with van der Waals surface area (Å²) in [6.45, 7) is 4.05. The average molecular weight is 353 g/mol. The van der Waals surface area contributed by atoms with Crippen LogP contribution in [0.4, 0.5) is 17.1 Å². The Kier molecular flexibility index (Phi) is 5.50. The van der Waals surface area contributed by atoms with E-state index in [0.29, 0.717) is 5.69 Å². The molecular formula is C17H28N4O2S. The molecule has 7 heteroatoms. The maximum atomic E-state index is 12.0. The summed E-state index contributed by atoms with van der Waals surface area (Å²) in [7, 11) is -2.10. The van der Waals surface area contributed by atoms with Crippen molar-refractivity contribution >= 4 is 27.3 Å². The number of rotatable bonds is 5. The molecule has 0 bridgehead atoms. The first-order chi connectivity index (χ1) is 11.6. The van der Waals surface area contributed by atoms with Gasteiger partial charge in [-0.25, -0.2) is 4.72 Å². The summed E-state index contributed by atoms with van der Waals surface area (Å²) in [5.41, 5.74) is 2.76. The smallest absolute Gasteiger partial charge is 0.298 e. The van der Waals surface area contributed by atoms with Crippen molar-refractivity contribution in [3.8, 4) is 0 Å². The highest BCUT2D eigenvalue weighted by atomic mass is 32.2. The first kappa shape index (κ1) is 17.4. The molecule has 2 saturated heterocycles. The molecule has 3 rings (SSSR count). The van der Waals surface area contributed by atoms with Gasteiger partial charge in [-0.15, -0.1) is 0 Å². The quantitative estimate of drug-likeness (QED) is 0.855. The van der Waals surface area contributed by atoms with Gasteiger partial charge in [-0.05, 0) is 56.7 Å². The van der Waals surface area contributed by atoms with Gasteiger partial charge in [-0.3, -0.25) is 4.72 Å². The number of nitrogens with zero attached hydrogens (tertiary/aromatic N) is 2. The molecule has 2 N–H and O–H groups in total. The fourth-order valence-electron chi connectivity index (χ4n) is 3.56. The first-order valence-corrected chi connectivity index (χ1v) is 10.4. The molecule has 2 heterocycles. The van der Waals surface area contributed by atoms with Gasteiger partial charge in [0.05, 0.1) is 11.4 Å². The van der Waals surface area contributed by atoms with Crippen molar-refractivity contribution < 1.29 is 8.42 Å². The van der Waals surface area contributed by atoms with Gasteiger partial charge in [0.1, 0.15) is 0 Å². The van der Waals surface area contributed by atoms with E-state index in [0.717, 1.165) is 50.4 Å². The lowest BCUT2D eigenvalue weighted by Crippen LogP contribution is -2.33. The summed E-state index contributed by atoms with van der Waals surface area (Å²) in [4.78, 5) is 4.64. The summed E-state index contributed by atoms with van der Waals surface area (Å²) in [5.74, 6) is 0. The molecule has 134 valence electrons. The highest BCUT2D eigenvalue weighted by Gasteiger charge is 2.20. The molecule has 1 aromatic rings. The largest absolute Gasteiger partial charge is 0.371 e. The third kappa shape index (κ3) is 4.13. The Morgan fingerprint density at radius 2 is 1.46 bits per heavy atom. The Hall–Kier alpha value is -1.47. The van der Waals surface area contributed by atoms with Crippen molar-refractivity contribution in [1.82, 2.24) is 4.72 Å². The molecule has 0 spiro atoms. The molecule has 0 unspecified atom stereocenters. The lowest BCUT2D eigenvalue weighted by molar-refractivity contribution is 0.575. The van der Waals surface area contributed by atoms with Crippen LogP contribution in [0.25, 0.3) is 0 Å². The van der Waals surface area contributed by atoms with Crippen LogP contribution in [-0.2, 0) is 10.2 Å². The zero-order chi connectivity index (χ0) is 17.0. The predicted molar refractivity (Wildman–Crippen MR) is 100 cm³/mol. The Balaban J connectivity index is 1.91. The van der Waals surface area contributed by atoms with Crippen molar-refractivity contribution in [2.75, 3.05) is 47.7 Å². The summed E-state index contributed by atoms with van der Waals surface area (Å²) < 4.78 is 29.1. The van der Waals surface area contributed by atoms with Crippen LogP contribution in [0.5, 0.6) is 0 Å². The van der Waals surface area contributed by atoms with Gasteiger partial charge in [-0.2, -0.15) is 8.42 Å².